The fraction of sp³-hybridized carbons (Fsp3) is 0.833. The molecule has 0 bridgehead atoms. The number of allylic oxidation sites excluding steroid dienone is 2. The van der Waals surface area contributed by atoms with E-state index < -0.39 is 11.1 Å². The molecule has 0 aromatic heterocycles. The summed E-state index contributed by atoms with van der Waals surface area (Å²) in [5.41, 5.74) is 4.54. The quantitative estimate of drug-likeness (QED) is 0.423. The Morgan fingerprint density at radius 1 is 0.884 bits per heavy atom. The predicted octanol–water partition coefficient (Wildman–Crippen LogP) is 5.89. The smallest absolute Gasteiger partial charge is 0.223 e. The molecule has 2 amide bonds. The van der Waals surface area contributed by atoms with Crippen LogP contribution in [-0.4, -0.2) is 36.2 Å². The van der Waals surface area contributed by atoms with Crippen molar-refractivity contribution >= 4 is 23.4 Å². The first-order chi connectivity index (χ1) is 19.8. The van der Waals surface area contributed by atoms with Gasteiger partial charge in [-0.2, -0.15) is 0 Å². The van der Waals surface area contributed by atoms with Crippen LogP contribution in [-0.2, 0) is 23.9 Å². The van der Waals surface area contributed by atoms with Crippen LogP contribution in [0.5, 0.6) is 0 Å². The van der Waals surface area contributed by atoms with Crippen LogP contribution >= 0.6 is 0 Å². The topological polar surface area (TPSA) is 116 Å². The summed E-state index contributed by atoms with van der Waals surface area (Å²) in [6.07, 6.45) is 10.5. The van der Waals surface area contributed by atoms with Gasteiger partial charge in [0.15, 0.2) is 11.6 Å². The number of hydrogen-bond donors (Lipinski definition) is 2. The SMILES string of the molecule is COC1([C@H]2CC[C@@]3(C)C(CC[C@]4(C)[C@@H]3C(=O)C=C3[C@@H]5C[C@@](C)(C(N)=O)CC[C@]5(C)CC[C@]34C)C2(C)C)NC(=O)CCC1=O. The highest BCUT2D eigenvalue weighted by atomic mass is 16.5. The zero-order valence-electron chi connectivity index (χ0n) is 27.8. The van der Waals surface area contributed by atoms with Crippen LogP contribution in [0.4, 0.5) is 0 Å². The van der Waals surface area contributed by atoms with Crippen LogP contribution in [0.25, 0.3) is 0 Å². The minimum Gasteiger partial charge on any atom is -0.369 e. The highest BCUT2D eigenvalue weighted by molar-refractivity contribution is 5.98. The molecule has 238 valence electrons. The molecular formula is C36H54N2O5. The first-order valence-corrected chi connectivity index (χ1v) is 16.8. The number of ether oxygens (including phenoxy) is 1. The maximum Gasteiger partial charge on any atom is 0.223 e. The Hall–Kier alpha value is -2.02. The molecule has 5 aliphatic carbocycles. The summed E-state index contributed by atoms with van der Waals surface area (Å²) >= 11 is 0. The van der Waals surface area contributed by atoms with E-state index in [1.165, 1.54) is 5.57 Å². The lowest BCUT2D eigenvalue weighted by Crippen LogP contribution is -2.71. The van der Waals surface area contributed by atoms with Gasteiger partial charge < -0.3 is 15.8 Å². The van der Waals surface area contributed by atoms with E-state index in [1.54, 1.807) is 7.11 Å². The van der Waals surface area contributed by atoms with Crippen LogP contribution in [0.3, 0.4) is 0 Å². The van der Waals surface area contributed by atoms with Crippen molar-refractivity contribution in [1.29, 1.82) is 0 Å². The van der Waals surface area contributed by atoms with Gasteiger partial charge in [-0.3, -0.25) is 19.2 Å². The Morgan fingerprint density at radius 3 is 2.19 bits per heavy atom. The maximum absolute atomic E-state index is 14.7. The monoisotopic (exact) mass is 594 g/mol. The lowest BCUT2D eigenvalue weighted by Gasteiger charge is -2.71. The molecule has 6 aliphatic rings. The molecular weight excluding hydrogens is 540 g/mol. The maximum atomic E-state index is 14.7. The van der Waals surface area contributed by atoms with E-state index in [0.29, 0.717) is 6.42 Å². The number of nitrogens with two attached hydrogens (primary N) is 1. The number of amides is 2. The molecule has 6 rings (SSSR count). The Kier molecular flexibility index (Phi) is 6.67. The molecule has 7 heteroatoms. The van der Waals surface area contributed by atoms with Crippen molar-refractivity contribution < 1.29 is 23.9 Å². The van der Waals surface area contributed by atoms with Crippen LogP contribution in [0, 0.1) is 56.2 Å². The Morgan fingerprint density at radius 2 is 1.53 bits per heavy atom. The number of fused-ring (bicyclic) bond motifs is 7. The zero-order valence-corrected chi connectivity index (χ0v) is 27.8. The van der Waals surface area contributed by atoms with Gasteiger partial charge in [-0.25, -0.2) is 0 Å². The van der Waals surface area contributed by atoms with Crippen molar-refractivity contribution in [3.63, 3.8) is 0 Å². The van der Waals surface area contributed by atoms with Crippen molar-refractivity contribution in [2.24, 2.45) is 61.9 Å². The number of carbonyl (C=O) groups excluding carboxylic acids is 4. The van der Waals surface area contributed by atoms with Crippen LogP contribution in [0.15, 0.2) is 11.6 Å². The first-order valence-electron chi connectivity index (χ1n) is 16.8. The Bertz CT molecular complexity index is 1320. The second-order valence-electron chi connectivity index (χ2n) is 17.4. The van der Waals surface area contributed by atoms with Gasteiger partial charge in [0.1, 0.15) is 0 Å². The second-order valence-corrected chi connectivity index (χ2v) is 17.4. The molecule has 10 atom stereocenters. The van der Waals surface area contributed by atoms with Gasteiger partial charge in [0, 0.05) is 37.2 Å². The summed E-state index contributed by atoms with van der Waals surface area (Å²) in [6.45, 7) is 16.0. The third-order valence-electron chi connectivity index (χ3n) is 15.3. The summed E-state index contributed by atoms with van der Waals surface area (Å²) in [7, 11) is 1.55. The number of carbonyl (C=O) groups is 4. The molecule has 2 unspecified atom stereocenters. The molecule has 3 N–H and O–H groups in total. The second kappa shape index (κ2) is 9.26. The molecule has 0 radical (unpaired) electrons. The number of piperidine rings is 1. The summed E-state index contributed by atoms with van der Waals surface area (Å²) in [5, 5.41) is 3.00. The third-order valence-corrected chi connectivity index (χ3v) is 15.3. The lowest BCUT2D eigenvalue weighted by molar-refractivity contribution is -0.222. The van der Waals surface area contributed by atoms with E-state index in [0.717, 1.165) is 51.4 Å². The van der Waals surface area contributed by atoms with Gasteiger partial charge in [0.05, 0.1) is 0 Å². The number of ketones is 2. The number of hydrogen-bond acceptors (Lipinski definition) is 5. The van der Waals surface area contributed by atoms with Gasteiger partial charge in [-0.1, -0.05) is 54.0 Å². The van der Waals surface area contributed by atoms with Gasteiger partial charge in [0.25, 0.3) is 0 Å². The van der Waals surface area contributed by atoms with Crippen LogP contribution in [0.2, 0.25) is 0 Å². The number of primary amides is 1. The zero-order chi connectivity index (χ0) is 31.6. The number of nitrogens with one attached hydrogen (secondary N) is 1. The van der Waals surface area contributed by atoms with Crippen molar-refractivity contribution in [3.8, 4) is 0 Å². The summed E-state index contributed by atoms with van der Waals surface area (Å²) < 4.78 is 5.99. The van der Waals surface area contributed by atoms with Gasteiger partial charge in [-0.05, 0) is 103 Å². The Labute approximate surface area is 257 Å². The molecule has 0 spiro atoms. The van der Waals surface area contributed by atoms with Gasteiger partial charge in [0.2, 0.25) is 17.5 Å². The standard InChI is InChI=1S/C36H54N2O5/c1-30(2)24-12-14-35(7)28(33(24,5)13-11-25(30)36(43-8)26(40)9-10-27(41)38-36)23(39)19-21-22-20-32(4,29(37)42)16-15-31(22,3)17-18-34(21,35)6/h19,22,24-25,28H,9-18,20H2,1-8H3,(H2,37,42)(H,38,41)/t22-,24?,25-,28+,31+,32-,33-,34+,35+,36?/m0/s1. The first kappa shape index (κ1) is 31.0. The fourth-order valence-electron chi connectivity index (χ4n) is 12.5. The molecule has 7 nitrogen and oxygen atoms in total. The minimum absolute atomic E-state index is 0.0357. The number of rotatable bonds is 3. The Balaban J connectivity index is 1.40. The summed E-state index contributed by atoms with van der Waals surface area (Å²) in [4.78, 5) is 53.3. The van der Waals surface area contributed by atoms with E-state index in [1.807, 2.05) is 13.0 Å². The van der Waals surface area contributed by atoms with Crippen molar-refractivity contribution in [2.45, 2.75) is 125 Å². The van der Waals surface area contributed by atoms with E-state index >= 15 is 0 Å². The summed E-state index contributed by atoms with van der Waals surface area (Å²) in [6, 6.07) is 0. The number of Topliss-reactive ketones (excluding diaryl/α,β-unsaturated/α-hetero) is 1. The summed E-state index contributed by atoms with van der Waals surface area (Å²) in [5.74, 6) is -0.0653. The van der Waals surface area contributed by atoms with Crippen molar-refractivity contribution in [3.05, 3.63) is 11.6 Å². The van der Waals surface area contributed by atoms with E-state index in [4.69, 9.17) is 10.5 Å². The van der Waals surface area contributed by atoms with Gasteiger partial charge in [-0.15, -0.1) is 0 Å². The minimum atomic E-state index is -1.31. The predicted molar refractivity (Wildman–Crippen MR) is 164 cm³/mol. The fourth-order valence-corrected chi connectivity index (χ4v) is 12.5. The van der Waals surface area contributed by atoms with Crippen LogP contribution < -0.4 is 11.1 Å². The molecule has 4 saturated carbocycles. The molecule has 1 heterocycles. The molecule has 1 saturated heterocycles. The molecule has 5 fully saturated rings. The van der Waals surface area contributed by atoms with Crippen molar-refractivity contribution in [2.75, 3.05) is 7.11 Å². The third kappa shape index (κ3) is 3.81. The van der Waals surface area contributed by atoms with Crippen LogP contribution in [0.1, 0.15) is 119 Å². The highest BCUT2D eigenvalue weighted by Crippen LogP contribution is 2.76. The van der Waals surface area contributed by atoms with E-state index in [9.17, 15) is 19.2 Å². The highest BCUT2D eigenvalue weighted by Gasteiger charge is 2.72. The average molecular weight is 595 g/mol. The lowest BCUT2D eigenvalue weighted by atomic mass is 9.32. The molecule has 0 aromatic carbocycles. The van der Waals surface area contributed by atoms with E-state index in [2.05, 4.69) is 46.9 Å². The molecule has 1 aliphatic heterocycles. The average Bonchev–Trinajstić information content (AvgIpc) is 2.92. The van der Waals surface area contributed by atoms with E-state index in [-0.39, 0.29) is 87.0 Å². The molecule has 43 heavy (non-hydrogen) atoms. The normalized spacial score (nSPS) is 50.8. The van der Waals surface area contributed by atoms with Gasteiger partial charge >= 0.3 is 0 Å². The number of methoxy groups -OCH3 is 1. The molecule has 0 aromatic rings. The van der Waals surface area contributed by atoms with Crippen molar-refractivity contribution in [1.82, 2.24) is 5.32 Å². The largest absolute Gasteiger partial charge is 0.369 e.